The largest absolute Gasteiger partial charge is 0.242 e. The van der Waals surface area contributed by atoms with Crippen LogP contribution in [0, 0.1) is 0 Å². The van der Waals surface area contributed by atoms with Crippen LogP contribution in [0.3, 0.4) is 0 Å². The van der Waals surface area contributed by atoms with Gasteiger partial charge in [0, 0.05) is 14.6 Å². The smallest absolute Gasteiger partial charge is 0.104 e. The Balaban J connectivity index is 1.28. The van der Waals surface area contributed by atoms with Gasteiger partial charge in [-0.05, 0) is 119 Å². The van der Waals surface area contributed by atoms with Gasteiger partial charge in [-0.15, -0.1) is 0 Å². The summed E-state index contributed by atoms with van der Waals surface area (Å²) < 4.78 is 2.47. The molecule has 0 radical (unpaired) electrons. The van der Waals surface area contributed by atoms with Crippen molar-refractivity contribution < 1.29 is 0 Å². The lowest BCUT2D eigenvalue weighted by Gasteiger charge is -2.29. The van der Waals surface area contributed by atoms with Crippen molar-refractivity contribution in [3.05, 3.63) is 308 Å². The number of halogens is 1. The Bertz CT molecular complexity index is 3630. The minimum absolute atomic E-state index is 0.749. The average molecular weight is 1030 g/mol. The van der Waals surface area contributed by atoms with Gasteiger partial charge in [0.1, 0.15) is 3.72 Å². The molecule has 340 valence electrons. The van der Waals surface area contributed by atoms with E-state index in [1.165, 1.54) is 59.1 Å². The number of rotatable bonds is 11. The molecule has 0 bridgehead atoms. The number of nitrogens with zero attached hydrogens (tertiary/aromatic N) is 1. The Morgan fingerprint density at radius 3 is 0.889 bits per heavy atom. The Hall–Kier alpha value is -8.57. The van der Waals surface area contributed by atoms with Gasteiger partial charge < -0.3 is 0 Å². The number of hydrogen-bond acceptors (Lipinski definition) is 1. The Kier molecular flexibility index (Phi) is 12.7. The van der Waals surface area contributed by atoms with Crippen LogP contribution in [-0.2, 0) is 0 Å². The van der Waals surface area contributed by atoms with Gasteiger partial charge in [-0.3, -0.25) is 0 Å². The van der Waals surface area contributed by atoms with E-state index in [0.717, 1.165) is 59.5 Å². The lowest BCUT2D eigenvalue weighted by Crippen LogP contribution is -2.06. The van der Waals surface area contributed by atoms with Crippen molar-refractivity contribution in [3.63, 3.8) is 0 Å². The maximum Gasteiger partial charge on any atom is 0.104 e. The maximum absolute atomic E-state index is 5.70. The molecule has 0 atom stereocenters. The zero-order chi connectivity index (χ0) is 48.1. The van der Waals surface area contributed by atoms with Crippen molar-refractivity contribution in [2.75, 3.05) is 0 Å². The predicted octanol–water partition coefficient (Wildman–Crippen LogP) is 19.0. The second-order valence-corrected chi connectivity index (χ2v) is 20.6. The molecular weight excluding hydrogens is 982 g/mol. The Morgan fingerprint density at radius 1 is 0.222 bits per heavy atom. The number of hydrogen-bond donors (Lipinski definition) is 0. The summed E-state index contributed by atoms with van der Waals surface area (Å²) in [6.07, 6.45) is 2.33. The van der Waals surface area contributed by atoms with Crippen molar-refractivity contribution in [2.45, 2.75) is 0 Å². The molecule has 2 heteroatoms. The Labute approximate surface area is 432 Å². The molecule has 72 heavy (non-hydrogen) atoms. The number of aliphatic imine (C=N–C) groups is 1. The quantitative estimate of drug-likeness (QED) is 0.115. The monoisotopic (exact) mass is 1030 g/mol. The van der Waals surface area contributed by atoms with E-state index in [0.29, 0.717) is 0 Å². The van der Waals surface area contributed by atoms with Gasteiger partial charge in [0.25, 0.3) is 0 Å². The Morgan fingerprint density at radius 2 is 0.500 bits per heavy atom. The summed E-state index contributed by atoms with van der Waals surface area (Å²) in [5.41, 5.74) is 23.1. The molecule has 0 saturated heterocycles. The maximum atomic E-state index is 5.70. The lowest BCUT2D eigenvalue weighted by atomic mass is 9.74. The third-order valence-electron chi connectivity index (χ3n) is 13.4. The van der Waals surface area contributed by atoms with E-state index in [2.05, 4.69) is 291 Å². The van der Waals surface area contributed by atoms with Crippen molar-refractivity contribution in [2.24, 2.45) is 4.99 Å². The molecular formula is C70H48IN. The summed E-state index contributed by atoms with van der Waals surface area (Å²) >= 11 is -0.749. The van der Waals surface area contributed by atoms with Gasteiger partial charge >= 0.3 is 0 Å². The first-order chi connectivity index (χ1) is 35.7. The molecule has 0 amide bonds. The van der Waals surface area contributed by atoms with Crippen molar-refractivity contribution in [3.8, 4) is 89.0 Å². The topological polar surface area (TPSA) is 12.4 Å². The zero-order valence-corrected chi connectivity index (χ0v) is 41.7. The first-order valence-electron chi connectivity index (χ1n) is 24.5. The molecule has 0 unspecified atom stereocenters. The predicted molar refractivity (Wildman–Crippen MR) is 315 cm³/mol. The summed E-state index contributed by atoms with van der Waals surface area (Å²) in [7, 11) is 0. The van der Waals surface area contributed by atoms with Crippen molar-refractivity contribution in [1.29, 1.82) is 0 Å². The third-order valence-corrected chi connectivity index (χ3v) is 16.3. The van der Waals surface area contributed by atoms with E-state index in [9.17, 15) is 0 Å². The summed E-state index contributed by atoms with van der Waals surface area (Å²) in [6, 6.07) is 104. The summed E-state index contributed by atoms with van der Waals surface area (Å²) in [5.74, 6) is 0. The normalized spacial score (nSPS) is 12.2. The highest BCUT2D eigenvalue weighted by Crippen LogP contribution is 2.56. The highest BCUT2D eigenvalue weighted by atomic mass is 127. The minimum Gasteiger partial charge on any atom is -0.242 e. The molecule has 1 nitrogen and oxygen atoms in total. The van der Waals surface area contributed by atoms with Crippen LogP contribution in [0.4, 0.5) is 0 Å². The highest BCUT2D eigenvalue weighted by Gasteiger charge is 2.30. The molecule has 1 heterocycles. The zero-order valence-electron chi connectivity index (χ0n) is 39.5. The first kappa shape index (κ1) is 44.6. The number of allylic oxidation sites excluding steroid dienone is 1. The second-order valence-electron chi connectivity index (χ2n) is 17.9. The van der Waals surface area contributed by atoms with E-state index in [1.54, 1.807) is 0 Å². The SMILES string of the molecule is C1=C(c2ccccc2)N=C(c2cc(-c3ccccc3-c3ccccc3)cc(-c3c(-c4ccccc4)c(-c4ccccc4)c(-c4ccccc4)c(-c4ccccc4)c3-c3ccccc3)c2)I=C1c1ccccc1. The molecule has 0 aromatic heterocycles. The van der Waals surface area contributed by atoms with E-state index in [-0.39, 0.29) is 0 Å². The summed E-state index contributed by atoms with van der Waals surface area (Å²) in [5, 5.41) is 0. The number of benzene rings is 11. The molecule has 0 aliphatic carbocycles. The second kappa shape index (κ2) is 20.4. The van der Waals surface area contributed by atoms with Crippen LogP contribution < -0.4 is 0 Å². The van der Waals surface area contributed by atoms with Gasteiger partial charge in [-0.2, -0.15) is 0 Å². The standard InChI is InChI=1S/C70H48IN/c1-9-27-49(28-10-1)60-43-25-26-44-61(60)57-45-58(47-59(46-57)70-71-62(50-29-11-2-12-30-50)48-63(72-70)51-31-13-3-14-32-51)69-67(55-39-21-7-22-40-55)65(53-35-17-5-18-36-53)64(52-33-15-4-16-34-52)66(54-37-19-6-20-38-54)68(69)56-41-23-8-24-42-56/h1-48H. The molecule has 0 N–H and O–H groups in total. The van der Waals surface area contributed by atoms with Crippen LogP contribution >= 0.6 is 20.7 Å². The first-order valence-corrected chi connectivity index (χ1v) is 26.7. The summed E-state index contributed by atoms with van der Waals surface area (Å²) in [6.45, 7) is 0. The van der Waals surface area contributed by atoms with Crippen LogP contribution in [0.5, 0.6) is 0 Å². The molecule has 0 saturated carbocycles. The molecule has 1 aliphatic rings. The molecule has 12 rings (SSSR count). The van der Waals surface area contributed by atoms with Gasteiger partial charge in [0.2, 0.25) is 0 Å². The van der Waals surface area contributed by atoms with Crippen LogP contribution in [0.2, 0.25) is 0 Å². The van der Waals surface area contributed by atoms with Crippen molar-refractivity contribution >= 4 is 33.7 Å². The van der Waals surface area contributed by atoms with Crippen LogP contribution in [0.1, 0.15) is 16.7 Å². The molecule has 11 aromatic rings. The van der Waals surface area contributed by atoms with Crippen molar-refractivity contribution in [1.82, 2.24) is 0 Å². The molecule has 11 aromatic carbocycles. The fourth-order valence-electron chi connectivity index (χ4n) is 10.2. The van der Waals surface area contributed by atoms with E-state index in [4.69, 9.17) is 4.99 Å². The third kappa shape index (κ3) is 8.94. The van der Waals surface area contributed by atoms with E-state index in [1.807, 2.05) is 0 Å². The van der Waals surface area contributed by atoms with Gasteiger partial charge in [0.05, 0.1) is 5.70 Å². The van der Waals surface area contributed by atoms with Crippen LogP contribution in [0.15, 0.2) is 296 Å². The van der Waals surface area contributed by atoms with E-state index >= 15 is 0 Å². The van der Waals surface area contributed by atoms with Crippen LogP contribution in [0.25, 0.3) is 94.7 Å². The fraction of sp³-hybridized carbons (Fsp3) is 0. The van der Waals surface area contributed by atoms with Crippen LogP contribution in [-0.4, -0.2) is 7.23 Å². The van der Waals surface area contributed by atoms with E-state index < -0.39 is 20.7 Å². The minimum atomic E-state index is -0.749. The highest BCUT2D eigenvalue weighted by molar-refractivity contribution is 14.2. The summed E-state index contributed by atoms with van der Waals surface area (Å²) in [4.78, 5) is 5.70. The fourth-order valence-corrected chi connectivity index (χ4v) is 12.8. The molecule has 0 fully saturated rings. The van der Waals surface area contributed by atoms with Gasteiger partial charge in [-0.25, -0.2) is 4.99 Å². The molecule has 1 aliphatic heterocycles. The lowest BCUT2D eigenvalue weighted by molar-refractivity contribution is 1.49. The average Bonchev–Trinajstić information content (AvgIpc) is 3.48. The molecule has 0 spiro atoms. The van der Waals surface area contributed by atoms with Gasteiger partial charge in [-0.1, -0.05) is 288 Å². The van der Waals surface area contributed by atoms with Gasteiger partial charge in [0.15, 0.2) is 0 Å².